The number of aryl methyl sites for hydroxylation is 1. The monoisotopic (exact) mass is 373 g/mol. The predicted octanol–water partition coefficient (Wildman–Crippen LogP) is 3.41. The molecule has 0 aliphatic heterocycles. The SMILES string of the molecule is CCOc1ccc(Oc2ccccc2NS(=O)(=O)c2cn(C)cn2)cc1. The van der Waals surface area contributed by atoms with Crippen LogP contribution in [0.5, 0.6) is 17.2 Å². The van der Waals surface area contributed by atoms with Crippen LogP contribution in [0.15, 0.2) is 66.1 Å². The van der Waals surface area contributed by atoms with Gasteiger partial charge in [-0.15, -0.1) is 0 Å². The van der Waals surface area contributed by atoms with Crippen LogP contribution in [0.3, 0.4) is 0 Å². The summed E-state index contributed by atoms with van der Waals surface area (Å²) in [5.41, 5.74) is 0.326. The lowest BCUT2D eigenvalue weighted by Gasteiger charge is -2.13. The Morgan fingerprint density at radius 1 is 1.08 bits per heavy atom. The van der Waals surface area contributed by atoms with Gasteiger partial charge in [0.25, 0.3) is 10.0 Å². The molecule has 3 aromatic rings. The van der Waals surface area contributed by atoms with Crippen molar-refractivity contribution >= 4 is 15.7 Å². The van der Waals surface area contributed by atoms with Gasteiger partial charge in [-0.25, -0.2) is 4.98 Å². The fourth-order valence-corrected chi connectivity index (χ4v) is 3.32. The maximum Gasteiger partial charge on any atom is 0.281 e. The highest BCUT2D eigenvalue weighted by Crippen LogP contribution is 2.31. The van der Waals surface area contributed by atoms with Gasteiger partial charge in [-0.05, 0) is 43.3 Å². The number of anilines is 1. The van der Waals surface area contributed by atoms with E-state index in [0.717, 1.165) is 5.75 Å². The Balaban J connectivity index is 1.82. The van der Waals surface area contributed by atoms with Crippen LogP contribution in [-0.4, -0.2) is 24.6 Å². The maximum atomic E-state index is 12.5. The Labute approximate surface area is 152 Å². The number of para-hydroxylation sites is 2. The molecule has 1 N–H and O–H groups in total. The summed E-state index contributed by atoms with van der Waals surface area (Å²) in [6.45, 7) is 2.49. The number of benzene rings is 2. The van der Waals surface area contributed by atoms with Crippen molar-refractivity contribution in [2.75, 3.05) is 11.3 Å². The number of imidazole rings is 1. The summed E-state index contributed by atoms with van der Waals surface area (Å²) in [7, 11) is -2.10. The minimum Gasteiger partial charge on any atom is -0.494 e. The van der Waals surface area contributed by atoms with E-state index in [4.69, 9.17) is 9.47 Å². The molecule has 26 heavy (non-hydrogen) atoms. The van der Waals surface area contributed by atoms with E-state index in [1.807, 2.05) is 6.92 Å². The largest absolute Gasteiger partial charge is 0.494 e. The predicted molar refractivity (Wildman–Crippen MR) is 98.1 cm³/mol. The Hall–Kier alpha value is -3.00. The molecule has 1 aromatic heterocycles. The van der Waals surface area contributed by atoms with E-state index in [9.17, 15) is 8.42 Å². The second-order valence-electron chi connectivity index (χ2n) is 5.49. The Kier molecular flexibility index (Phi) is 5.13. The second-order valence-corrected chi connectivity index (χ2v) is 7.11. The average molecular weight is 373 g/mol. The van der Waals surface area contributed by atoms with Crippen LogP contribution in [0.1, 0.15) is 6.92 Å². The molecule has 136 valence electrons. The fourth-order valence-electron chi connectivity index (χ4n) is 2.26. The van der Waals surface area contributed by atoms with Crippen molar-refractivity contribution < 1.29 is 17.9 Å². The molecule has 0 amide bonds. The molecule has 8 heteroatoms. The minimum atomic E-state index is -3.80. The zero-order valence-electron chi connectivity index (χ0n) is 14.4. The maximum absolute atomic E-state index is 12.5. The quantitative estimate of drug-likeness (QED) is 0.686. The third kappa shape index (κ3) is 4.15. The third-order valence-corrected chi connectivity index (χ3v) is 4.70. The molecule has 7 nitrogen and oxygen atoms in total. The summed E-state index contributed by atoms with van der Waals surface area (Å²) in [6.07, 6.45) is 2.86. The van der Waals surface area contributed by atoms with E-state index in [1.54, 1.807) is 60.1 Å². The first-order chi connectivity index (χ1) is 12.5. The van der Waals surface area contributed by atoms with Crippen molar-refractivity contribution in [2.45, 2.75) is 11.9 Å². The van der Waals surface area contributed by atoms with E-state index >= 15 is 0 Å². The minimum absolute atomic E-state index is 0.0594. The first-order valence-electron chi connectivity index (χ1n) is 7.98. The van der Waals surface area contributed by atoms with Crippen LogP contribution in [0.2, 0.25) is 0 Å². The molecule has 2 aromatic carbocycles. The van der Waals surface area contributed by atoms with E-state index in [2.05, 4.69) is 9.71 Å². The van der Waals surface area contributed by atoms with E-state index < -0.39 is 10.0 Å². The van der Waals surface area contributed by atoms with Gasteiger partial charge in [0.2, 0.25) is 0 Å². The van der Waals surface area contributed by atoms with Crippen molar-refractivity contribution in [3.8, 4) is 17.2 Å². The Morgan fingerprint density at radius 3 is 2.42 bits per heavy atom. The van der Waals surface area contributed by atoms with Crippen molar-refractivity contribution in [3.63, 3.8) is 0 Å². The molecular formula is C18H19N3O4S. The number of sulfonamides is 1. The summed E-state index contributed by atoms with van der Waals surface area (Å²) in [6, 6.07) is 13.9. The number of aromatic nitrogens is 2. The topological polar surface area (TPSA) is 82.5 Å². The first kappa shape index (κ1) is 17.8. The number of ether oxygens (including phenoxy) is 2. The molecule has 1 heterocycles. The molecule has 0 aliphatic rings. The zero-order chi connectivity index (χ0) is 18.6. The van der Waals surface area contributed by atoms with E-state index in [-0.39, 0.29) is 5.03 Å². The van der Waals surface area contributed by atoms with Crippen molar-refractivity contribution in [1.29, 1.82) is 0 Å². The van der Waals surface area contributed by atoms with Gasteiger partial charge in [0.15, 0.2) is 10.8 Å². The number of hydrogen-bond acceptors (Lipinski definition) is 5. The van der Waals surface area contributed by atoms with Gasteiger partial charge in [0.1, 0.15) is 11.5 Å². The van der Waals surface area contributed by atoms with Gasteiger partial charge >= 0.3 is 0 Å². The fraction of sp³-hybridized carbons (Fsp3) is 0.167. The highest BCUT2D eigenvalue weighted by atomic mass is 32.2. The van der Waals surface area contributed by atoms with Crippen LogP contribution in [0, 0.1) is 0 Å². The molecule has 0 fully saturated rings. The second kappa shape index (κ2) is 7.49. The third-order valence-electron chi connectivity index (χ3n) is 3.45. The number of nitrogens with zero attached hydrogens (tertiary/aromatic N) is 2. The van der Waals surface area contributed by atoms with Gasteiger partial charge in [0.05, 0.1) is 18.6 Å². The molecule has 0 unspecified atom stereocenters. The summed E-state index contributed by atoms with van der Waals surface area (Å²) >= 11 is 0. The van der Waals surface area contributed by atoms with E-state index in [0.29, 0.717) is 23.8 Å². The molecule has 0 aliphatic carbocycles. The van der Waals surface area contributed by atoms with Crippen LogP contribution < -0.4 is 14.2 Å². The summed E-state index contributed by atoms with van der Waals surface area (Å²) < 4.78 is 40.3. The molecule has 3 rings (SSSR count). The first-order valence-corrected chi connectivity index (χ1v) is 9.47. The molecule has 0 atom stereocenters. The highest BCUT2D eigenvalue weighted by molar-refractivity contribution is 7.92. The summed E-state index contributed by atoms with van der Waals surface area (Å²) in [5, 5.41) is -0.0594. The zero-order valence-corrected chi connectivity index (χ0v) is 15.2. The lowest BCUT2D eigenvalue weighted by Crippen LogP contribution is -2.14. The lowest BCUT2D eigenvalue weighted by atomic mass is 10.3. The van der Waals surface area contributed by atoms with Crippen molar-refractivity contribution in [2.24, 2.45) is 7.05 Å². The smallest absolute Gasteiger partial charge is 0.281 e. The summed E-state index contributed by atoms with van der Waals surface area (Å²) in [4.78, 5) is 3.88. The van der Waals surface area contributed by atoms with Crippen LogP contribution in [0.25, 0.3) is 0 Å². The number of nitrogens with one attached hydrogen (secondary N) is 1. The van der Waals surface area contributed by atoms with Crippen molar-refractivity contribution in [3.05, 3.63) is 61.1 Å². The Morgan fingerprint density at radius 2 is 1.77 bits per heavy atom. The van der Waals surface area contributed by atoms with Gasteiger partial charge in [-0.2, -0.15) is 8.42 Å². The van der Waals surface area contributed by atoms with Gasteiger partial charge in [-0.3, -0.25) is 4.72 Å². The summed E-state index contributed by atoms with van der Waals surface area (Å²) in [5.74, 6) is 1.69. The van der Waals surface area contributed by atoms with Crippen LogP contribution >= 0.6 is 0 Å². The molecule has 0 radical (unpaired) electrons. The van der Waals surface area contributed by atoms with Gasteiger partial charge in [0, 0.05) is 13.2 Å². The van der Waals surface area contributed by atoms with E-state index in [1.165, 1.54) is 12.5 Å². The van der Waals surface area contributed by atoms with Crippen molar-refractivity contribution in [1.82, 2.24) is 9.55 Å². The number of hydrogen-bond donors (Lipinski definition) is 1. The molecule has 0 bridgehead atoms. The van der Waals surface area contributed by atoms with Crippen LogP contribution in [0.4, 0.5) is 5.69 Å². The molecule has 0 saturated heterocycles. The normalized spacial score (nSPS) is 11.2. The van der Waals surface area contributed by atoms with Gasteiger partial charge < -0.3 is 14.0 Å². The highest BCUT2D eigenvalue weighted by Gasteiger charge is 2.19. The molecular weight excluding hydrogens is 354 g/mol. The molecule has 0 saturated carbocycles. The Bertz CT molecular complexity index is 982. The lowest BCUT2D eigenvalue weighted by molar-refractivity contribution is 0.339. The van der Waals surface area contributed by atoms with Gasteiger partial charge in [-0.1, -0.05) is 12.1 Å². The average Bonchev–Trinajstić information content (AvgIpc) is 3.06. The molecule has 0 spiro atoms. The number of rotatable bonds is 7. The standard InChI is InChI=1S/C18H19N3O4S/c1-3-24-14-8-10-15(11-9-14)25-17-7-5-4-6-16(17)20-26(22,23)18-12-21(2)13-19-18/h4-13,20H,3H2,1-2H3. The van der Waals surface area contributed by atoms with Crippen LogP contribution in [-0.2, 0) is 17.1 Å².